The molecule has 18 heteroatoms. The molecule has 666 valence electrons. The van der Waals surface area contributed by atoms with E-state index in [0.717, 1.165) is 135 Å². The van der Waals surface area contributed by atoms with Crippen molar-refractivity contribution in [1.29, 1.82) is 0 Å². The monoisotopic (exact) mass is 1660 g/mol. The number of allylic oxidation sites excluding steroid dienone is 20. The molecule has 0 bridgehead atoms. The fourth-order valence-electron chi connectivity index (χ4n) is 13.1. The van der Waals surface area contributed by atoms with Gasteiger partial charge in [-0.05, 0) is 116 Å². The van der Waals surface area contributed by atoms with Gasteiger partial charge in [0, 0.05) is 19.3 Å². The first-order chi connectivity index (χ1) is 56.2. The molecule has 0 aliphatic heterocycles. The van der Waals surface area contributed by atoms with Crippen LogP contribution in [0.15, 0.2) is 122 Å². The lowest BCUT2D eigenvalue weighted by Gasteiger charge is -2.21. The maximum Gasteiger partial charge on any atom is 0.472 e. The van der Waals surface area contributed by atoms with Crippen LogP contribution in [0.5, 0.6) is 0 Å². The van der Waals surface area contributed by atoms with Crippen LogP contribution in [0.3, 0.4) is 0 Å². The summed E-state index contributed by atoms with van der Waals surface area (Å²) in [5.41, 5.74) is 0. The Labute approximate surface area is 703 Å². The summed E-state index contributed by atoms with van der Waals surface area (Å²) < 4.78 is 61.5. The summed E-state index contributed by atoms with van der Waals surface area (Å²) >= 11 is 0. The van der Waals surface area contributed by atoms with E-state index in [4.69, 9.17) is 32.3 Å². The summed E-state index contributed by atoms with van der Waals surface area (Å²) in [6, 6.07) is 0. The Balaban J connectivity index is 4.44. The molecule has 0 aromatic rings. The maximum atomic E-state index is 13.0. The van der Waals surface area contributed by atoms with Crippen LogP contribution in [0.1, 0.15) is 419 Å². The van der Waals surface area contributed by atoms with E-state index >= 15 is 0 Å². The van der Waals surface area contributed by atoms with Gasteiger partial charge in [-0.2, -0.15) is 0 Å². The van der Waals surface area contributed by atoms with Gasteiger partial charge in [-0.25, -0.2) is 9.13 Å². The third-order valence-electron chi connectivity index (χ3n) is 20.2. The molecule has 115 heavy (non-hydrogen) atoms. The van der Waals surface area contributed by atoms with E-state index in [-0.39, 0.29) is 19.3 Å². The fourth-order valence-corrected chi connectivity index (χ4v) is 14.7. The molecule has 0 spiro atoms. The lowest BCUT2D eigenvalue weighted by atomic mass is 10.0. The minimum Gasteiger partial charge on any atom is -0.463 e. The predicted molar refractivity (Wildman–Crippen MR) is 482 cm³/mol. The van der Waals surface area contributed by atoms with Gasteiger partial charge in [0.15, 0.2) is 6.10 Å². The second-order valence-corrected chi connectivity index (χ2v) is 34.3. The van der Waals surface area contributed by atoms with Gasteiger partial charge in [-0.3, -0.25) is 32.5 Å². The van der Waals surface area contributed by atoms with Crippen molar-refractivity contribution >= 4 is 33.6 Å². The van der Waals surface area contributed by atoms with Gasteiger partial charge in [0.05, 0.1) is 26.4 Å². The molecule has 16 nitrogen and oxygen atoms in total. The van der Waals surface area contributed by atoms with Gasteiger partial charge in [-0.15, -0.1) is 0 Å². The molecule has 0 aromatic carbocycles. The summed E-state index contributed by atoms with van der Waals surface area (Å²) in [4.78, 5) is 58.9. The molecule has 0 amide bonds. The lowest BCUT2D eigenvalue weighted by Crippen LogP contribution is -2.30. The van der Waals surface area contributed by atoms with Crippen molar-refractivity contribution < 1.29 is 75.8 Å². The Hall–Kier alpha value is -4.05. The first-order valence-corrected chi connectivity index (χ1v) is 49.8. The van der Waals surface area contributed by atoms with Crippen molar-refractivity contribution in [3.8, 4) is 0 Å². The van der Waals surface area contributed by atoms with Crippen LogP contribution in [-0.4, -0.2) is 95.9 Å². The average molecular weight is 1660 g/mol. The summed E-state index contributed by atoms with van der Waals surface area (Å²) in [5, 5.41) is 20.7. The second-order valence-electron chi connectivity index (χ2n) is 31.4. The Morgan fingerprint density at radius 2 is 0.461 bits per heavy atom. The number of ether oxygens (including phenoxy) is 3. The van der Waals surface area contributed by atoms with Crippen molar-refractivity contribution in [2.24, 2.45) is 0 Å². The van der Waals surface area contributed by atoms with Gasteiger partial charge < -0.3 is 34.2 Å². The minimum absolute atomic E-state index is 0.108. The maximum absolute atomic E-state index is 13.0. The van der Waals surface area contributed by atoms with Crippen molar-refractivity contribution in [3.05, 3.63) is 122 Å². The number of carbonyl (C=O) groups is 3. The highest BCUT2D eigenvalue weighted by Gasteiger charge is 2.30. The van der Waals surface area contributed by atoms with Gasteiger partial charge in [-0.1, -0.05) is 406 Å². The molecule has 0 saturated carbocycles. The topological polar surface area (TPSA) is 231 Å². The summed E-state index contributed by atoms with van der Waals surface area (Å²) in [5.74, 6) is -1.55. The Morgan fingerprint density at radius 3 is 0.748 bits per heavy atom. The average Bonchev–Trinajstić information content (AvgIpc) is 0.893. The van der Waals surface area contributed by atoms with Gasteiger partial charge in [0.25, 0.3) is 0 Å². The van der Waals surface area contributed by atoms with Crippen LogP contribution in [0, 0.1) is 0 Å². The number of unbranched alkanes of at least 4 members (excludes halogenated alkanes) is 46. The van der Waals surface area contributed by atoms with E-state index in [2.05, 4.69) is 142 Å². The Morgan fingerprint density at radius 1 is 0.252 bits per heavy atom. The molecule has 4 N–H and O–H groups in total. The predicted octanol–water partition coefficient (Wildman–Crippen LogP) is 28.8. The van der Waals surface area contributed by atoms with Gasteiger partial charge >= 0.3 is 33.6 Å². The first-order valence-electron chi connectivity index (χ1n) is 46.8. The number of phosphoric acid groups is 2. The standard InChI is InChI=1S/C97H172O16P2/c1-4-7-10-13-16-19-22-25-28-30-32-34-36-38-40-42-44-45-47-49-50-52-54-56-58-60-63-65-68-71-74-77-80-83-95(100)107-86-92(98)87-109-114(103,104)110-88-93(99)89-111-115(105,106)112-91-94(113-97(102)85-82-79-76-73-70-67-62-27-24-21-18-15-12-9-6-3)90-108-96(101)84-81-78-75-72-69-66-64-61-59-57-55-53-51-48-46-43-41-39-37-35-33-31-29-26-23-20-17-14-11-8-5-2/h8,11,16-17,19-20,25-26,28-29,32-35,38-41,46,48,92-94,98-99H,4-7,9-10,12-15,18,21-24,27,30-31,36-37,42-45,47,49-91H2,1-3H3,(H,103,104)(H,105,106)/b11-8-,19-16-,20-17-,28-25-,29-26-,34-32-,35-33-,40-38-,41-39-,48-46-. The van der Waals surface area contributed by atoms with Crippen LogP contribution in [0.4, 0.5) is 0 Å². The van der Waals surface area contributed by atoms with Crippen LogP contribution in [-0.2, 0) is 55.8 Å². The number of aliphatic hydroxyl groups excluding tert-OH is 2. The first kappa shape index (κ1) is 111. The quantitative estimate of drug-likeness (QED) is 0.0146. The zero-order chi connectivity index (χ0) is 83.6. The van der Waals surface area contributed by atoms with Crippen molar-refractivity contribution in [3.63, 3.8) is 0 Å². The van der Waals surface area contributed by atoms with Crippen LogP contribution in [0.25, 0.3) is 0 Å². The van der Waals surface area contributed by atoms with Crippen LogP contribution < -0.4 is 0 Å². The van der Waals surface area contributed by atoms with Crippen LogP contribution >= 0.6 is 15.6 Å². The van der Waals surface area contributed by atoms with E-state index in [0.29, 0.717) is 19.3 Å². The van der Waals surface area contributed by atoms with Gasteiger partial charge in [0.2, 0.25) is 0 Å². The molecule has 0 rings (SSSR count). The molecule has 0 aromatic heterocycles. The zero-order valence-electron chi connectivity index (χ0n) is 73.4. The van der Waals surface area contributed by atoms with E-state index in [1.165, 1.54) is 225 Å². The van der Waals surface area contributed by atoms with Crippen molar-refractivity contribution in [2.75, 3.05) is 39.6 Å². The lowest BCUT2D eigenvalue weighted by molar-refractivity contribution is -0.161. The zero-order valence-corrected chi connectivity index (χ0v) is 75.2. The molecule has 0 aliphatic carbocycles. The number of hydrogen-bond acceptors (Lipinski definition) is 14. The van der Waals surface area contributed by atoms with Crippen molar-refractivity contribution in [1.82, 2.24) is 0 Å². The van der Waals surface area contributed by atoms with Gasteiger partial charge in [0.1, 0.15) is 25.4 Å². The molecule has 0 saturated heterocycles. The number of esters is 3. The minimum atomic E-state index is -4.93. The Bertz CT molecular complexity index is 2570. The number of aliphatic hydroxyl groups is 2. The number of rotatable bonds is 89. The molecular weight excluding hydrogens is 1480 g/mol. The molecule has 0 radical (unpaired) electrons. The van der Waals surface area contributed by atoms with Crippen LogP contribution in [0.2, 0.25) is 0 Å². The highest BCUT2D eigenvalue weighted by molar-refractivity contribution is 7.47. The van der Waals surface area contributed by atoms with Crippen molar-refractivity contribution in [2.45, 2.75) is 437 Å². The SMILES string of the molecule is CC/C=C\C/C=C\C/C=C\C/C=C\C/C=C\C/C=C\CCCCCCCCCCCCCCC(=O)OCC(COP(=O)(O)OCC(O)COP(=O)(O)OCC(O)COC(=O)CCCCCCCCCCCCCCCCCCC/C=C\C/C=C\C/C=C\C/C=C\CCCCC)OC(=O)CCCCCCCCCCCCCCCCC. The number of carbonyl (C=O) groups excluding carboxylic acids is 3. The summed E-state index contributed by atoms with van der Waals surface area (Å²) in [6.45, 7) is 2.62. The molecule has 5 atom stereocenters. The molecule has 0 fully saturated rings. The number of phosphoric ester groups is 2. The normalized spacial score (nSPS) is 14.3. The largest absolute Gasteiger partial charge is 0.472 e. The molecule has 0 heterocycles. The fraction of sp³-hybridized carbons (Fsp3) is 0.763. The summed E-state index contributed by atoms with van der Waals surface area (Å²) in [6.07, 6.45) is 110. The van der Waals surface area contributed by atoms with E-state index in [1.807, 2.05) is 0 Å². The highest BCUT2D eigenvalue weighted by atomic mass is 31.2. The van der Waals surface area contributed by atoms with E-state index in [9.17, 15) is 43.5 Å². The molecule has 0 aliphatic rings. The molecular formula is C97H172O16P2. The van der Waals surface area contributed by atoms with E-state index < -0.39 is 91.5 Å². The number of hydrogen-bond donors (Lipinski definition) is 4. The molecule has 5 unspecified atom stereocenters. The van der Waals surface area contributed by atoms with E-state index in [1.54, 1.807) is 0 Å². The third-order valence-corrected chi connectivity index (χ3v) is 22.1. The smallest absolute Gasteiger partial charge is 0.463 e. The highest BCUT2D eigenvalue weighted by Crippen LogP contribution is 2.45. The second kappa shape index (κ2) is 89.2. The third kappa shape index (κ3) is 90.6. The summed E-state index contributed by atoms with van der Waals surface area (Å²) in [7, 11) is -9.79. The Kier molecular flexibility index (Phi) is 86.1.